The van der Waals surface area contributed by atoms with Crippen LogP contribution in [0.15, 0.2) is 0 Å². The molecule has 0 aromatic carbocycles. The molecule has 0 aliphatic heterocycles. The third-order valence-corrected chi connectivity index (χ3v) is 4.68. The van der Waals surface area contributed by atoms with Gasteiger partial charge in [-0.3, -0.25) is 4.90 Å². The maximum absolute atomic E-state index is 9.44. The van der Waals surface area contributed by atoms with Crippen molar-refractivity contribution in [2.24, 2.45) is 5.41 Å². The quantitative estimate of drug-likeness (QED) is 0.782. The summed E-state index contributed by atoms with van der Waals surface area (Å²) >= 11 is 0. The van der Waals surface area contributed by atoms with Gasteiger partial charge in [-0.05, 0) is 65.2 Å². The van der Waals surface area contributed by atoms with E-state index in [4.69, 9.17) is 0 Å². The van der Waals surface area contributed by atoms with Gasteiger partial charge in [-0.2, -0.15) is 5.26 Å². The molecule has 1 aliphatic rings. The van der Waals surface area contributed by atoms with Crippen LogP contribution in [0.25, 0.3) is 0 Å². The van der Waals surface area contributed by atoms with E-state index in [0.717, 1.165) is 32.2 Å². The summed E-state index contributed by atoms with van der Waals surface area (Å²) in [7, 11) is 6.31. The highest BCUT2D eigenvalue weighted by Gasteiger charge is 2.38. The second kappa shape index (κ2) is 6.24. The zero-order valence-corrected chi connectivity index (χ0v) is 13.7. The summed E-state index contributed by atoms with van der Waals surface area (Å²) in [4.78, 5) is 4.61. The highest BCUT2D eigenvalue weighted by atomic mass is 15.2. The summed E-state index contributed by atoms with van der Waals surface area (Å²) in [6, 6.07) is 3.20. The first-order valence-corrected chi connectivity index (χ1v) is 7.49. The van der Waals surface area contributed by atoms with Gasteiger partial charge in [-0.15, -0.1) is 0 Å². The third kappa shape index (κ3) is 4.47. The molecule has 0 atom stereocenters. The minimum Gasteiger partial charge on any atom is -0.303 e. The van der Waals surface area contributed by atoms with Crippen molar-refractivity contribution in [3.05, 3.63) is 0 Å². The number of rotatable bonds is 4. The molecule has 110 valence electrons. The number of nitrogens with zero attached hydrogens (tertiary/aromatic N) is 3. The van der Waals surface area contributed by atoms with Crippen LogP contribution in [0.2, 0.25) is 0 Å². The molecule has 1 aliphatic carbocycles. The van der Waals surface area contributed by atoms with Crippen molar-refractivity contribution in [1.29, 1.82) is 5.26 Å². The topological polar surface area (TPSA) is 30.3 Å². The van der Waals surface area contributed by atoms with Gasteiger partial charge in [0.15, 0.2) is 0 Å². The average Bonchev–Trinajstić information content (AvgIpc) is 2.35. The smallest absolute Gasteiger partial charge is 0.108 e. The Hall–Kier alpha value is -0.590. The Labute approximate surface area is 119 Å². The summed E-state index contributed by atoms with van der Waals surface area (Å²) in [6.07, 6.45) is 5.53. The van der Waals surface area contributed by atoms with Gasteiger partial charge in [-0.25, -0.2) is 0 Å². The first-order valence-electron chi connectivity index (χ1n) is 7.49. The summed E-state index contributed by atoms with van der Waals surface area (Å²) in [5.74, 6) is 0. The molecule has 0 N–H and O–H groups in total. The van der Waals surface area contributed by atoms with Gasteiger partial charge >= 0.3 is 0 Å². The lowest BCUT2D eigenvalue weighted by Crippen LogP contribution is -2.49. The largest absolute Gasteiger partial charge is 0.303 e. The predicted octanol–water partition coefficient (Wildman–Crippen LogP) is 3.12. The molecule has 0 radical (unpaired) electrons. The number of hydrogen-bond donors (Lipinski definition) is 0. The van der Waals surface area contributed by atoms with Gasteiger partial charge in [0.2, 0.25) is 0 Å². The van der Waals surface area contributed by atoms with Crippen molar-refractivity contribution >= 4 is 0 Å². The Morgan fingerprint density at radius 1 is 1.16 bits per heavy atom. The highest BCUT2D eigenvalue weighted by molar-refractivity contribution is 5.10. The Kier molecular flexibility index (Phi) is 5.41. The second-order valence-corrected chi connectivity index (χ2v) is 7.56. The molecule has 3 heteroatoms. The molecule has 0 saturated heterocycles. The van der Waals surface area contributed by atoms with E-state index in [0.29, 0.717) is 11.5 Å². The van der Waals surface area contributed by atoms with Gasteiger partial charge in [0.05, 0.1) is 6.07 Å². The van der Waals surface area contributed by atoms with E-state index >= 15 is 0 Å². The molecule has 19 heavy (non-hydrogen) atoms. The minimum atomic E-state index is -0.221. The van der Waals surface area contributed by atoms with E-state index in [9.17, 15) is 5.26 Å². The van der Waals surface area contributed by atoms with E-state index < -0.39 is 0 Å². The monoisotopic (exact) mass is 265 g/mol. The second-order valence-electron chi connectivity index (χ2n) is 7.56. The molecule has 0 aromatic rings. The molecule has 1 fully saturated rings. The Balaban J connectivity index is 2.48. The maximum atomic E-state index is 9.44. The van der Waals surface area contributed by atoms with E-state index in [1.807, 2.05) is 14.1 Å². The fourth-order valence-corrected chi connectivity index (χ4v) is 2.87. The van der Waals surface area contributed by atoms with Crippen LogP contribution in [0.4, 0.5) is 0 Å². The van der Waals surface area contributed by atoms with E-state index in [1.54, 1.807) is 0 Å². The standard InChI is InChI=1S/C16H31N3/c1-15(2,3)11-12-19(6)14-7-9-16(13-17,10-8-14)18(4)5/h14H,7-12H2,1-6H3. The van der Waals surface area contributed by atoms with Crippen molar-refractivity contribution in [2.75, 3.05) is 27.7 Å². The Bertz CT molecular complexity index is 314. The highest BCUT2D eigenvalue weighted by Crippen LogP contribution is 2.34. The fourth-order valence-electron chi connectivity index (χ4n) is 2.87. The van der Waals surface area contributed by atoms with E-state index in [2.05, 4.69) is 43.7 Å². The number of hydrogen-bond acceptors (Lipinski definition) is 3. The van der Waals surface area contributed by atoms with Crippen molar-refractivity contribution in [3.63, 3.8) is 0 Å². The molecule has 0 heterocycles. The average molecular weight is 265 g/mol. The molecule has 3 nitrogen and oxygen atoms in total. The van der Waals surface area contributed by atoms with Crippen LogP contribution in [-0.2, 0) is 0 Å². The van der Waals surface area contributed by atoms with Crippen LogP contribution in [-0.4, -0.2) is 49.1 Å². The van der Waals surface area contributed by atoms with Crippen molar-refractivity contribution in [3.8, 4) is 6.07 Å². The molecular formula is C16H31N3. The normalized spacial score (nSPS) is 28.7. The van der Waals surface area contributed by atoms with Crippen LogP contribution in [0.1, 0.15) is 52.9 Å². The van der Waals surface area contributed by atoms with Crippen molar-refractivity contribution in [1.82, 2.24) is 9.80 Å². The van der Waals surface area contributed by atoms with Crippen LogP contribution in [0.3, 0.4) is 0 Å². The third-order valence-electron chi connectivity index (χ3n) is 4.68. The van der Waals surface area contributed by atoms with Crippen molar-refractivity contribution in [2.45, 2.75) is 64.5 Å². The van der Waals surface area contributed by atoms with Crippen LogP contribution in [0, 0.1) is 16.7 Å². The fraction of sp³-hybridized carbons (Fsp3) is 0.938. The van der Waals surface area contributed by atoms with Crippen LogP contribution >= 0.6 is 0 Å². The molecular weight excluding hydrogens is 234 g/mol. The van der Waals surface area contributed by atoms with Gasteiger partial charge in [0.1, 0.15) is 5.54 Å². The van der Waals surface area contributed by atoms with Crippen LogP contribution < -0.4 is 0 Å². The summed E-state index contributed by atoms with van der Waals surface area (Å²) < 4.78 is 0. The molecule has 0 unspecified atom stereocenters. The Morgan fingerprint density at radius 2 is 1.68 bits per heavy atom. The molecule has 0 aromatic heterocycles. The van der Waals surface area contributed by atoms with E-state index in [-0.39, 0.29) is 5.54 Å². The van der Waals surface area contributed by atoms with Gasteiger partial charge in [0.25, 0.3) is 0 Å². The molecule has 0 spiro atoms. The first-order chi connectivity index (χ1) is 8.70. The van der Waals surface area contributed by atoms with Gasteiger partial charge in [-0.1, -0.05) is 20.8 Å². The van der Waals surface area contributed by atoms with Gasteiger partial charge < -0.3 is 4.90 Å². The van der Waals surface area contributed by atoms with E-state index in [1.165, 1.54) is 6.42 Å². The lowest BCUT2D eigenvalue weighted by Gasteiger charge is -2.42. The predicted molar refractivity (Wildman–Crippen MR) is 81.0 cm³/mol. The SMILES string of the molecule is CN(CCC(C)(C)C)C1CCC(C#N)(N(C)C)CC1. The van der Waals surface area contributed by atoms with Crippen LogP contribution in [0.5, 0.6) is 0 Å². The maximum Gasteiger partial charge on any atom is 0.108 e. The minimum absolute atomic E-state index is 0.221. The lowest BCUT2D eigenvalue weighted by molar-refractivity contribution is 0.0933. The zero-order chi connectivity index (χ0) is 14.7. The van der Waals surface area contributed by atoms with Gasteiger partial charge in [0, 0.05) is 6.04 Å². The van der Waals surface area contributed by atoms with Crippen molar-refractivity contribution < 1.29 is 0 Å². The molecule has 1 rings (SSSR count). The zero-order valence-electron chi connectivity index (χ0n) is 13.7. The summed E-state index contributed by atoms with van der Waals surface area (Å²) in [6.45, 7) is 8.06. The Morgan fingerprint density at radius 3 is 2.05 bits per heavy atom. The number of nitriles is 1. The lowest BCUT2D eigenvalue weighted by atomic mass is 9.79. The molecule has 1 saturated carbocycles. The molecule has 0 bridgehead atoms. The summed E-state index contributed by atoms with van der Waals surface area (Å²) in [5, 5.41) is 9.44. The molecule has 0 amide bonds. The first kappa shape index (κ1) is 16.5. The summed E-state index contributed by atoms with van der Waals surface area (Å²) in [5.41, 5.74) is 0.185.